The van der Waals surface area contributed by atoms with Crippen LogP contribution in [0, 0.1) is 6.92 Å². The molecular formula is C30H38N4O4. The summed E-state index contributed by atoms with van der Waals surface area (Å²) in [7, 11) is 0. The van der Waals surface area contributed by atoms with Gasteiger partial charge in [-0.2, -0.15) is 0 Å². The second-order valence-corrected chi connectivity index (χ2v) is 9.58. The first kappa shape index (κ1) is 28.5. The number of phenolic OH excluding ortho intramolecular Hbond substituents is 1. The molecule has 3 aromatic carbocycles. The second-order valence-electron chi connectivity index (χ2n) is 9.58. The summed E-state index contributed by atoms with van der Waals surface area (Å²) in [5, 5.41) is 26.2. The fourth-order valence-corrected chi connectivity index (χ4v) is 4.61. The van der Waals surface area contributed by atoms with E-state index in [0.717, 1.165) is 17.5 Å². The smallest absolute Gasteiger partial charge is 0.410 e. The summed E-state index contributed by atoms with van der Waals surface area (Å²) in [6.45, 7) is 3.72. The molecule has 0 heterocycles. The number of aromatic hydroxyl groups is 1. The van der Waals surface area contributed by atoms with Crippen LogP contribution >= 0.6 is 0 Å². The number of nitrogens with one attached hydrogen (secondary N) is 2. The second kappa shape index (κ2) is 13.5. The molecule has 2 atom stereocenters. The van der Waals surface area contributed by atoms with Crippen molar-refractivity contribution in [2.75, 3.05) is 0 Å². The average Bonchev–Trinajstić information content (AvgIpc) is 2.90. The van der Waals surface area contributed by atoms with Gasteiger partial charge in [0.2, 0.25) is 0 Å². The number of nitrogens with zero attached hydrogens (tertiary/aromatic N) is 1. The lowest BCUT2D eigenvalue weighted by Crippen LogP contribution is -2.66. The largest absolute Gasteiger partial charge is 0.507 e. The number of nitrogens with two attached hydrogens (primary N) is 1. The molecule has 0 bridgehead atoms. The lowest BCUT2D eigenvalue weighted by Gasteiger charge is -2.43. The highest BCUT2D eigenvalue weighted by molar-refractivity contribution is 5.75. The molecule has 2 unspecified atom stereocenters. The molecule has 0 spiro atoms. The Morgan fingerprint density at radius 1 is 0.974 bits per heavy atom. The van der Waals surface area contributed by atoms with Crippen LogP contribution in [-0.4, -0.2) is 39.1 Å². The molecule has 0 aliphatic rings. The standard InChI is InChI=1S/C30H38N4O4/c1-3-30(31,20-24-15-8-5-9-16-24)34(29(37)38)26(19-11-17-23-13-6-4-7-14-23)33-28(36)32-21-25-18-10-12-22(2)27(25)35/h4-10,12-16,18,26,35H,3,11,17,19-21,31H2,1-2H3,(H,37,38)(H2,32,33,36). The summed E-state index contributed by atoms with van der Waals surface area (Å²) in [4.78, 5) is 26.8. The highest BCUT2D eigenvalue weighted by Gasteiger charge is 2.40. The Hall–Kier alpha value is -4.04. The molecule has 6 N–H and O–H groups in total. The fourth-order valence-electron chi connectivity index (χ4n) is 4.61. The molecule has 3 rings (SSSR count). The molecule has 202 valence electrons. The fraction of sp³-hybridized carbons (Fsp3) is 0.333. The minimum absolute atomic E-state index is 0.0920. The van der Waals surface area contributed by atoms with Gasteiger partial charge < -0.3 is 26.6 Å². The third-order valence-corrected chi connectivity index (χ3v) is 6.81. The van der Waals surface area contributed by atoms with Crippen molar-refractivity contribution in [3.05, 3.63) is 101 Å². The van der Waals surface area contributed by atoms with Crippen LogP contribution in [0.3, 0.4) is 0 Å². The number of rotatable bonds is 12. The van der Waals surface area contributed by atoms with Gasteiger partial charge in [0.05, 0.1) is 0 Å². The van der Waals surface area contributed by atoms with Gasteiger partial charge in [-0.25, -0.2) is 9.59 Å². The highest BCUT2D eigenvalue weighted by atomic mass is 16.4. The van der Waals surface area contributed by atoms with Gasteiger partial charge in [-0.15, -0.1) is 0 Å². The Balaban J connectivity index is 1.80. The number of hydrogen-bond donors (Lipinski definition) is 5. The maximum absolute atomic E-state index is 13.0. The monoisotopic (exact) mass is 518 g/mol. The summed E-state index contributed by atoms with van der Waals surface area (Å²) in [5.41, 5.74) is 8.85. The number of amides is 3. The van der Waals surface area contributed by atoms with Crippen molar-refractivity contribution in [3.63, 3.8) is 0 Å². The molecule has 3 aromatic rings. The molecule has 8 heteroatoms. The SMILES string of the molecule is CCC(N)(Cc1ccccc1)N(C(=O)O)C(CCCc1ccccc1)NC(=O)NCc1cccc(C)c1O. The van der Waals surface area contributed by atoms with Crippen LogP contribution in [0.4, 0.5) is 9.59 Å². The number of urea groups is 1. The van der Waals surface area contributed by atoms with Crippen LogP contribution < -0.4 is 16.4 Å². The van der Waals surface area contributed by atoms with Gasteiger partial charge >= 0.3 is 12.1 Å². The van der Waals surface area contributed by atoms with Gasteiger partial charge in [0.15, 0.2) is 0 Å². The lowest BCUT2D eigenvalue weighted by molar-refractivity contribution is 0.0322. The van der Waals surface area contributed by atoms with E-state index in [0.29, 0.717) is 36.8 Å². The predicted octanol–water partition coefficient (Wildman–Crippen LogP) is 5.14. The predicted molar refractivity (Wildman–Crippen MR) is 149 cm³/mol. The Labute approximate surface area is 224 Å². The highest BCUT2D eigenvalue weighted by Crippen LogP contribution is 2.25. The van der Waals surface area contributed by atoms with Crippen molar-refractivity contribution in [1.29, 1.82) is 0 Å². The summed E-state index contributed by atoms with van der Waals surface area (Å²) < 4.78 is 0. The maximum Gasteiger partial charge on any atom is 0.410 e. The van der Waals surface area contributed by atoms with Gasteiger partial charge in [-0.1, -0.05) is 85.8 Å². The first-order valence-electron chi connectivity index (χ1n) is 12.9. The van der Waals surface area contributed by atoms with Crippen LogP contribution in [0.5, 0.6) is 5.75 Å². The third kappa shape index (κ3) is 7.73. The van der Waals surface area contributed by atoms with E-state index in [1.807, 2.05) is 67.6 Å². The van der Waals surface area contributed by atoms with E-state index in [1.54, 1.807) is 25.1 Å². The molecule has 0 aliphatic heterocycles. The Bertz CT molecular complexity index is 1190. The number of carbonyl (C=O) groups is 2. The molecular weight excluding hydrogens is 480 g/mol. The summed E-state index contributed by atoms with van der Waals surface area (Å²) in [6, 6.07) is 24.2. The minimum atomic E-state index is -1.24. The Kier molecular flexibility index (Phi) is 10.1. The molecule has 0 saturated carbocycles. The molecule has 8 nitrogen and oxygen atoms in total. The first-order valence-corrected chi connectivity index (χ1v) is 12.9. The molecule has 0 aliphatic carbocycles. The van der Waals surface area contributed by atoms with E-state index >= 15 is 0 Å². The maximum atomic E-state index is 13.0. The van der Waals surface area contributed by atoms with Crippen molar-refractivity contribution in [2.24, 2.45) is 5.73 Å². The molecule has 0 saturated heterocycles. The Morgan fingerprint density at radius 3 is 2.21 bits per heavy atom. The number of aryl methyl sites for hydroxylation is 2. The number of para-hydroxylation sites is 1. The zero-order valence-corrected chi connectivity index (χ0v) is 22.1. The van der Waals surface area contributed by atoms with Crippen molar-refractivity contribution in [3.8, 4) is 5.75 Å². The first-order chi connectivity index (χ1) is 18.2. The van der Waals surface area contributed by atoms with Gasteiger partial charge in [0.25, 0.3) is 0 Å². The van der Waals surface area contributed by atoms with Gasteiger partial charge in [0.1, 0.15) is 17.6 Å². The van der Waals surface area contributed by atoms with E-state index in [-0.39, 0.29) is 12.3 Å². The zero-order chi connectivity index (χ0) is 27.5. The van der Waals surface area contributed by atoms with E-state index in [2.05, 4.69) is 10.6 Å². The van der Waals surface area contributed by atoms with Crippen molar-refractivity contribution >= 4 is 12.1 Å². The van der Waals surface area contributed by atoms with Crippen LogP contribution in [0.25, 0.3) is 0 Å². The normalized spacial score (nSPS) is 13.2. The lowest BCUT2D eigenvalue weighted by atomic mass is 9.94. The summed E-state index contributed by atoms with van der Waals surface area (Å²) in [6.07, 6.45) is 0.326. The number of carboxylic acid groups (broad SMARTS) is 1. The minimum Gasteiger partial charge on any atom is -0.507 e. The van der Waals surface area contributed by atoms with E-state index in [4.69, 9.17) is 5.73 Å². The van der Waals surface area contributed by atoms with Crippen LogP contribution in [0.2, 0.25) is 0 Å². The summed E-state index contributed by atoms with van der Waals surface area (Å²) >= 11 is 0. The number of carbonyl (C=O) groups excluding carboxylic acids is 1. The van der Waals surface area contributed by atoms with Crippen LogP contribution in [0.15, 0.2) is 78.9 Å². The number of phenols is 1. The Morgan fingerprint density at radius 2 is 1.61 bits per heavy atom. The summed E-state index contributed by atoms with van der Waals surface area (Å²) in [5.74, 6) is 0.120. The van der Waals surface area contributed by atoms with Crippen LogP contribution in [0.1, 0.15) is 48.4 Å². The van der Waals surface area contributed by atoms with Crippen molar-refractivity contribution in [2.45, 2.75) is 64.3 Å². The number of hydrogen-bond acceptors (Lipinski definition) is 4. The molecule has 3 amide bonds. The number of benzene rings is 3. The topological polar surface area (TPSA) is 128 Å². The molecule has 0 aromatic heterocycles. The van der Waals surface area contributed by atoms with E-state index in [9.17, 15) is 19.8 Å². The van der Waals surface area contributed by atoms with Gasteiger partial charge in [-0.3, -0.25) is 4.90 Å². The average molecular weight is 519 g/mol. The van der Waals surface area contributed by atoms with E-state index < -0.39 is 24.0 Å². The van der Waals surface area contributed by atoms with Crippen molar-refractivity contribution < 1.29 is 19.8 Å². The van der Waals surface area contributed by atoms with Gasteiger partial charge in [-0.05, 0) is 49.3 Å². The third-order valence-electron chi connectivity index (χ3n) is 6.81. The van der Waals surface area contributed by atoms with Crippen LogP contribution in [-0.2, 0) is 19.4 Å². The quantitative estimate of drug-likeness (QED) is 0.212. The van der Waals surface area contributed by atoms with Gasteiger partial charge in [0, 0.05) is 18.5 Å². The van der Waals surface area contributed by atoms with E-state index in [1.165, 1.54) is 4.90 Å². The van der Waals surface area contributed by atoms with Crippen molar-refractivity contribution in [1.82, 2.24) is 15.5 Å². The molecule has 0 fully saturated rings. The molecule has 0 radical (unpaired) electrons. The zero-order valence-electron chi connectivity index (χ0n) is 22.1. The molecule has 38 heavy (non-hydrogen) atoms.